The molecular formula is C14H14BrClOS. The van der Waals surface area contributed by atoms with Crippen molar-refractivity contribution in [1.82, 2.24) is 0 Å². The van der Waals surface area contributed by atoms with E-state index in [2.05, 4.69) is 27.4 Å². The van der Waals surface area contributed by atoms with Gasteiger partial charge in [-0.05, 0) is 58.5 Å². The standard InChI is InChI=1S/C14H14BrClOS/c15-12-7-14(18-9-12)6-11(8-17)5-10-1-3-13(16)4-2-10/h1-4,7,9,11,17H,5-6,8H2. The lowest BCUT2D eigenvalue weighted by Crippen LogP contribution is -2.12. The normalized spacial score (nSPS) is 12.6. The summed E-state index contributed by atoms with van der Waals surface area (Å²) in [5.41, 5.74) is 1.22. The van der Waals surface area contributed by atoms with Crippen LogP contribution in [-0.4, -0.2) is 11.7 Å². The average molecular weight is 346 g/mol. The number of benzene rings is 1. The maximum atomic E-state index is 9.48. The number of halogens is 2. The second-order valence-corrected chi connectivity index (χ2v) is 6.66. The number of thiophene rings is 1. The van der Waals surface area contributed by atoms with Crippen molar-refractivity contribution in [2.24, 2.45) is 5.92 Å². The fraction of sp³-hybridized carbons (Fsp3) is 0.286. The quantitative estimate of drug-likeness (QED) is 0.842. The zero-order valence-corrected chi connectivity index (χ0v) is 12.9. The first-order valence-corrected chi connectivity index (χ1v) is 7.80. The van der Waals surface area contributed by atoms with E-state index in [1.807, 2.05) is 24.3 Å². The molecule has 1 aromatic heterocycles. The largest absolute Gasteiger partial charge is 0.396 e. The SMILES string of the molecule is OCC(Cc1ccc(Cl)cc1)Cc1cc(Br)cs1. The predicted octanol–water partition coefficient (Wildman–Crippen LogP) is 4.56. The van der Waals surface area contributed by atoms with Gasteiger partial charge in [-0.2, -0.15) is 0 Å². The van der Waals surface area contributed by atoms with Gasteiger partial charge in [0, 0.05) is 26.4 Å². The first-order valence-electron chi connectivity index (χ1n) is 5.75. The Hall–Kier alpha value is -0.350. The molecule has 0 radical (unpaired) electrons. The van der Waals surface area contributed by atoms with E-state index >= 15 is 0 Å². The lowest BCUT2D eigenvalue weighted by atomic mass is 9.96. The van der Waals surface area contributed by atoms with Gasteiger partial charge in [-0.25, -0.2) is 0 Å². The third kappa shape index (κ3) is 4.09. The van der Waals surface area contributed by atoms with Crippen LogP contribution in [-0.2, 0) is 12.8 Å². The van der Waals surface area contributed by atoms with Crippen LogP contribution >= 0.6 is 38.9 Å². The number of hydrogen-bond donors (Lipinski definition) is 1. The monoisotopic (exact) mass is 344 g/mol. The maximum absolute atomic E-state index is 9.48. The summed E-state index contributed by atoms with van der Waals surface area (Å²) in [6, 6.07) is 9.96. The van der Waals surface area contributed by atoms with Gasteiger partial charge in [0.2, 0.25) is 0 Å². The van der Waals surface area contributed by atoms with Crippen LogP contribution in [0.15, 0.2) is 40.2 Å². The van der Waals surface area contributed by atoms with Gasteiger partial charge in [-0.15, -0.1) is 11.3 Å². The zero-order chi connectivity index (χ0) is 13.0. The van der Waals surface area contributed by atoms with Gasteiger partial charge in [-0.3, -0.25) is 0 Å². The number of rotatable bonds is 5. The summed E-state index contributed by atoms with van der Waals surface area (Å²) in [6.07, 6.45) is 1.79. The Morgan fingerprint density at radius 2 is 1.94 bits per heavy atom. The van der Waals surface area contributed by atoms with Gasteiger partial charge in [0.1, 0.15) is 0 Å². The number of aliphatic hydroxyl groups is 1. The summed E-state index contributed by atoms with van der Waals surface area (Å²) in [5.74, 6) is 0.261. The van der Waals surface area contributed by atoms with Gasteiger partial charge in [0.15, 0.2) is 0 Å². The smallest absolute Gasteiger partial charge is 0.0465 e. The zero-order valence-electron chi connectivity index (χ0n) is 9.77. The minimum absolute atomic E-state index is 0.206. The van der Waals surface area contributed by atoms with E-state index in [1.54, 1.807) is 11.3 Å². The maximum Gasteiger partial charge on any atom is 0.0465 e. The van der Waals surface area contributed by atoms with E-state index < -0.39 is 0 Å². The summed E-state index contributed by atoms with van der Waals surface area (Å²) < 4.78 is 1.12. The minimum Gasteiger partial charge on any atom is -0.396 e. The van der Waals surface area contributed by atoms with Crippen LogP contribution in [0, 0.1) is 5.92 Å². The number of hydrogen-bond acceptors (Lipinski definition) is 2. The van der Waals surface area contributed by atoms with Crippen LogP contribution < -0.4 is 0 Å². The van der Waals surface area contributed by atoms with Crippen molar-refractivity contribution in [2.75, 3.05) is 6.61 Å². The molecule has 1 unspecified atom stereocenters. The van der Waals surface area contributed by atoms with E-state index in [0.29, 0.717) is 0 Å². The molecule has 1 nitrogen and oxygen atoms in total. The predicted molar refractivity (Wildman–Crippen MR) is 81.5 cm³/mol. The van der Waals surface area contributed by atoms with Crippen LogP contribution in [0.5, 0.6) is 0 Å². The van der Waals surface area contributed by atoms with Crippen LogP contribution in [0.4, 0.5) is 0 Å². The molecule has 0 spiro atoms. The first kappa shape index (κ1) is 14.1. The van der Waals surface area contributed by atoms with Crippen LogP contribution in [0.2, 0.25) is 5.02 Å². The summed E-state index contributed by atoms with van der Waals surface area (Å²) >= 11 is 11.0. The molecule has 96 valence electrons. The lowest BCUT2D eigenvalue weighted by molar-refractivity contribution is 0.225. The molecule has 0 bridgehead atoms. The molecule has 1 atom stereocenters. The molecule has 18 heavy (non-hydrogen) atoms. The second-order valence-electron chi connectivity index (χ2n) is 4.31. The molecule has 0 aliphatic rings. The van der Waals surface area contributed by atoms with E-state index in [-0.39, 0.29) is 12.5 Å². The van der Waals surface area contributed by atoms with E-state index in [9.17, 15) is 5.11 Å². The molecule has 0 saturated heterocycles. The van der Waals surface area contributed by atoms with Gasteiger partial charge in [0.05, 0.1) is 0 Å². The van der Waals surface area contributed by atoms with Crippen LogP contribution in [0.1, 0.15) is 10.4 Å². The third-order valence-corrected chi connectivity index (χ3v) is 4.78. The van der Waals surface area contributed by atoms with Crippen molar-refractivity contribution in [3.05, 3.63) is 55.6 Å². The Labute approximate surface area is 125 Å². The number of aliphatic hydroxyl groups excluding tert-OH is 1. The van der Waals surface area contributed by atoms with Crippen molar-refractivity contribution in [1.29, 1.82) is 0 Å². The fourth-order valence-electron chi connectivity index (χ4n) is 1.90. The molecule has 0 saturated carbocycles. The summed E-state index contributed by atoms with van der Waals surface area (Å²) in [5, 5.41) is 12.3. The van der Waals surface area contributed by atoms with Gasteiger partial charge in [0.25, 0.3) is 0 Å². The highest BCUT2D eigenvalue weighted by molar-refractivity contribution is 9.10. The summed E-state index contributed by atoms with van der Waals surface area (Å²) in [4.78, 5) is 1.30. The Balaban J connectivity index is 1.99. The van der Waals surface area contributed by atoms with Crippen molar-refractivity contribution >= 4 is 38.9 Å². The minimum atomic E-state index is 0.206. The second kappa shape index (κ2) is 6.71. The van der Waals surface area contributed by atoms with Gasteiger partial charge < -0.3 is 5.11 Å². The molecular weight excluding hydrogens is 332 g/mol. The van der Waals surface area contributed by atoms with Gasteiger partial charge in [-0.1, -0.05) is 23.7 Å². The highest BCUT2D eigenvalue weighted by atomic mass is 79.9. The molecule has 2 rings (SSSR count). The topological polar surface area (TPSA) is 20.2 Å². The van der Waals surface area contributed by atoms with E-state index in [0.717, 1.165) is 22.3 Å². The fourth-order valence-corrected chi connectivity index (χ4v) is 3.59. The Bertz CT molecular complexity index is 495. The van der Waals surface area contributed by atoms with Crippen LogP contribution in [0.25, 0.3) is 0 Å². The highest BCUT2D eigenvalue weighted by Gasteiger charge is 2.11. The molecule has 0 aliphatic heterocycles. The molecule has 2 aromatic rings. The lowest BCUT2D eigenvalue weighted by Gasteiger charge is -2.13. The van der Waals surface area contributed by atoms with Crippen molar-refractivity contribution in [3.63, 3.8) is 0 Å². The highest BCUT2D eigenvalue weighted by Crippen LogP contribution is 2.24. The van der Waals surface area contributed by atoms with E-state index in [1.165, 1.54) is 10.4 Å². The molecule has 1 aromatic carbocycles. The average Bonchev–Trinajstić information content (AvgIpc) is 2.77. The van der Waals surface area contributed by atoms with Crippen LogP contribution in [0.3, 0.4) is 0 Å². The molecule has 4 heteroatoms. The molecule has 0 amide bonds. The van der Waals surface area contributed by atoms with Crippen molar-refractivity contribution < 1.29 is 5.11 Å². The molecule has 0 aliphatic carbocycles. The van der Waals surface area contributed by atoms with Crippen molar-refractivity contribution in [2.45, 2.75) is 12.8 Å². The molecule has 0 fully saturated rings. The Morgan fingerprint density at radius 1 is 1.22 bits per heavy atom. The Kier molecular flexibility index (Phi) is 5.25. The Morgan fingerprint density at radius 3 is 2.50 bits per heavy atom. The molecule has 1 N–H and O–H groups in total. The van der Waals surface area contributed by atoms with Gasteiger partial charge >= 0.3 is 0 Å². The summed E-state index contributed by atoms with van der Waals surface area (Å²) in [6.45, 7) is 0.206. The summed E-state index contributed by atoms with van der Waals surface area (Å²) in [7, 11) is 0. The molecule has 1 heterocycles. The van der Waals surface area contributed by atoms with E-state index in [4.69, 9.17) is 11.6 Å². The third-order valence-electron chi connectivity index (χ3n) is 2.81. The first-order chi connectivity index (χ1) is 8.67. The van der Waals surface area contributed by atoms with Crippen molar-refractivity contribution in [3.8, 4) is 0 Å².